The van der Waals surface area contributed by atoms with Gasteiger partial charge in [0.25, 0.3) is 0 Å². The van der Waals surface area contributed by atoms with Crippen LogP contribution >= 0.6 is 0 Å². The SMILES string of the molecule is C=CCCCCCC(N)C1(OC)CCC(C)(C)CC1. The fourth-order valence-corrected chi connectivity index (χ4v) is 3.17. The van der Waals surface area contributed by atoms with Crippen LogP contribution in [0.2, 0.25) is 0 Å². The number of ether oxygens (including phenoxy) is 1. The van der Waals surface area contributed by atoms with Gasteiger partial charge < -0.3 is 10.5 Å². The molecule has 0 saturated heterocycles. The molecule has 0 aromatic carbocycles. The third-order valence-electron chi connectivity index (χ3n) is 4.96. The average molecular weight is 267 g/mol. The lowest BCUT2D eigenvalue weighted by molar-refractivity contribution is -0.0800. The van der Waals surface area contributed by atoms with Crippen LogP contribution in [0.5, 0.6) is 0 Å². The smallest absolute Gasteiger partial charge is 0.0829 e. The molecule has 0 aromatic rings. The van der Waals surface area contributed by atoms with Gasteiger partial charge in [-0.15, -0.1) is 6.58 Å². The van der Waals surface area contributed by atoms with Gasteiger partial charge in [0, 0.05) is 13.2 Å². The van der Waals surface area contributed by atoms with E-state index in [1.54, 1.807) is 0 Å². The Hall–Kier alpha value is -0.340. The Labute approximate surface area is 119 Å². The zero-order valence-corrected chi connectivity index (χ0v) is 13.2. The molecule has 112 valence electrons. The van der Waals surface area contributed by atoms with Gasteiger partial charge >= 0.3 is 0 Å². The van der Waals surface area contributed by atoms with Crippen molar-refractivity contribution in [3.05, 3.63) is 12.7 Å². The molecule has 0 aliphatic heterocycles. The minimum atomic E-state index is -0.0616. The normalized spacial score (nSPS) is 22.9. The molecular weight excluding hydrogens is 234 g/mol. The molecule has 0 spiro atoms. The zero-order chi connectivity index (χ0) is 14.4. The first kappa shape index (κ1) is 16.7. The summed E-state index contributed by atoms with van der Waals surface area (Å²) in [6.07, 6.45) is 12.6. The molecule has 0 aromatic heterocycles. The van der Waals surface area contributed by atoms with Crippen molar-refractivity contribution in [2.24, 2.45) is 11.1 Å². The summed E-state index contributed by atoms with van der Waals surface area (Å²) in [7, 11) is 1.84. The molecule has 2 N–H and O–H groups in total. The van der Waals surface area contributed by atoms with Gasteiger partial charge in [-0.2, -0.15) is 0 Å². The predicted molar refractivity (Wildman–Crippen MR) is 83.2 cm³/mol. The molecule has 1 saturated carbocycles. The minimum Gasteiger partial charge on any atom is -0.377 e. The van der Waals surface area contributed by atoms with Crippen LogP contribution in [0.15, 0.2) is 12.7 Å². The molecule has 2 nitrogen and oxygen atoms in total. The fourth-order valence-electron chi connectivity index (χ4n) is 3.17. The summed E-state index contributed by atoms with van der Waals surface area (Å²) in [5.74, 6) is 0. The van der Waals surface area contributed by atoms with E-state index >= 15 is 0 Å². The van der Waals surface area contributed by atoms with Gasteiger partial charge in [0.15, 0.2) is 0 Å². The summed E-state index contributed by atoms with van der Waals surface area (Å²) in [6.45, 7) is 8.47. The molecule has 1 unspecified atom stereocenters. The average Bonchev–Trinajstić information content (AvgIpc) is 2.39. The van der Waals surface area contributed by atoms with Gasteiger partial charge in [-0.05, 0) is 50.4 Å². The van der Waals surface area contributed by atoms with E-state index in [4.69, 9.17) is 10.5 Å². The topological polar surface area (TPSA) is 35.2 Å². The number of rotatable bonds is 8. The van der Waals surface area contributed by atoms with Crippen molar-refractivity contribution in [3.8, 4) is 0 Å². The van der Waals surface area contributed by atoms with Crippen LogP contribution in [-0.2, 0) is 4.74 Å². The van der Waals surface area contributed by atoms with Crippen molar-refractivity contribution in [3.63, 3.8) is 0 Å². The third kappa shape index (κ3) is 4.92. The first-order valence-corrected chi connectivity index (χ1v) is 7.87. The van der Waals surface area contributed by atoms with E-state index in [0.717, 1.165) is 25.7 Å². The summed E-state index contributed by atoms with van der Waals surface area (Å²) in [5.41, 5.74) is 6.85. The van der Waals surface area contributed by atoms with Gasteiger partial charge in [0.1, 0.15) is 0 Å². The Balaban J connectivity index is 2.39. The highest BCUT2D eigenvalue weighted by Crippen LogP contribution is 2.43. The largest absolute Gasteiger partial charge is 0.377 e. The first-order chi connectivity index (χ1) is 8.96. The Morgan fingerprint density at radius 1 is 1.16 bits per heavy atom. The molecular formula is C17H33NO. The van der Waals surface area contributed by atoms with Gasteiger partial charge in [0.2, 0.25) is 0 Å². The molecule has 19 heavy (non-hydrogen) atoms. The van der Waals surface area contributed by atoms with E-state index in [1.807, 2.05) is 13.2 Å². The molecule has 0 heterocycles. The maximum Gasteiger partial charge on any atom is 0.0829 e. The first-order valence-electron chi connectivity index (χ1n) is 7.87. The molecule has 1 atom stereocenters. The lowest BCUT2D eigenvalue weighted by Crippen LogP contribution is -2.52. The lowest BCUT2D eigenvalue weighted by atomic mass is 9.68. The van der Waals surface area contributed by atoms with Gasteiger partial charge in [0.05, 0.1) is 5.60 Å². The third-order valence-corrected chi connectivity index (χ3v) is 4.96. The maximum absolute atomic E-state index is 6.45. The molecule has 1 aliphatic carbocycles. The van der Waals surface area contributed by atoms with Gasteiger partial charge in [-0.3, -0.25) is 0 Å². The predicted octanol–water partition coefficient (Wildman–Crippen LogP) is 4.44. The van der Waals surface area contributed by atoms with Crippen LogP contribution in [0, 0.1) is 5.41 Å². The van der Waals surface area contributed by atoms with Crippen LogP contribution in [0.3, 0.4) is 0 Å². The number of nitrogens with two attached hydrogens (primary N) is 1. The van der Waals surface area contributed by atoms with Crippen molar-refractivity contribution < 1.29 is 4.74 Å². The summed E-state index contributed by atoms with van der Waals surface area (Å²) in [4.78, 5) is 0. The quantitative estimate of drug-likeness (QED) is 0.521. The number of unbranched alkanes of at least 4 members (excludes halogenated alkanes) is 3. The zero-order valence-electron chi connectivity index (χ0n) is 13.2. The monoisotopic (exact) mass is 267 g/mol. The van der Waals surface area contributed by atoms with Crippen LogP contribution < -0.4 is 5.73 Å². The van der Waals surface area contributed by atoms with E-state index < -0.39 is 0 Å². The molecule has 1 aliphatic rings. The highest BCUT2D eigenvalue weighted by Gasteiger charge is 2.42. The second kappa shape index (κ2) is 7.44. The van der Waals surface area contributed by atoms with Crippen LogP contribution in [0.4, 0.5) is 0 Å². The molecule has 0 radical (unpaired) electrons. The van der Waals surface area contributed by atoms with Crippen molar-refractivity contribution >= 4 is 0 Å². The maximum atomic E-state index is 6.45. The number of hydrogen-bond donors (Lipinski definition) is 1. The van der Waals surface area contributed by atoms with Crippen molar-refractivity contribution in [1.29, 1.82) is 0 Å². The van der Waals surface area contributed by atoms with Crippen molar-refractivity contribution in [2.75, 3.05) is 7.11 Å². The van der Waals surface area contributed by atoms with Crippen LogP contribution in [-0.4, -0.2) is 18.8 Å². The fraction of sp³-hybridized carbons (Fsp3) is 0.882. The van der Waals surface area contributed by atoms with Crippen LogP contribution in [0.1, 0.15) is 71.6 Å². The molecule has 1 fully saturated rings. The Morgan fingerprint density at radius 2 is 1.79 bits per heavy atom. The van der Waals surface area contributed by atoms with E-state index in [2.05, 4.69) is 20.4 Å². The molecule has 0 amide bonds. The summed E-state index contributed by atoms with van der Waals surface area (Å²) in [5, 5.41) is 0. The highest BCUT2D eigenvalue weighted by molar-refractivity contribution is 4.97. The lowest BCUT2D eigenvalue weighted by Gasteiger charge is -2.46. The van der Waals surface area contributed by atoms with Crippen molar-refractivity contribution in [2.45, 2.75) is 83.3 Å². The summed E-state index contributed by atoms with van der Waals surface area (Å²) >= 11 is 0. The molecule has 2 heteroatoms. The number of methoxy groups -OCH3 is 1. The van der Waals surface area contributed by atoms with Crippen LogP contribution in [0.25, 0.3) is 0 Å². The molecule has 1 rings (SSSR count). The second-order valence-electron chi connectivity index (χ2n) is 6.97. The van der Waals surface area contributed by atoms with E-state index in [1.165, 1.54) is 32.1 Å². The van der Waals surface area contributed by atoms with Crippen molar-refractivity contribution in [1.82, 2.24) is 0 Å². The Morgan fingerprint density at radius 3 is 2.32 bits per heavy atom. The standard InChI is InChI=1S/C17H33NO/c1-5-6-7-8-9-10-15(18)17(19-4)13-11-16(2,3)12-14-17/h5,15H,1,6-14,18H2,2-4H3. The summed E-state index contributed by atoms with van der Waals surface area (Å²) < 4.78 is 5.87. The second-order valence-corrected chi connectivity index (χ2v) is 6.97. The van der Waals surface area contributed by atoms with Gasteiger partial charge in [-0.25, -0.2) is 0 Å². The molecule has 0 bridgehead atoms. The van der Waals surface area contributed by atoms with E-state index in [-0.39, 0.29) is 11.6 Å². The number of allylic oxidation sites excluding steroid dienone is 1. The van der Waals surface area contributed by atoms with E-state index in [0.29, 0.717) is 5.41 Å². The Kier molecular flexibility index (Phi) is 6.55. The van der Waals surface area contributed by atoms with Gasteiger partial charge in [-0.1, -0.05) is 32.8 Å². The summed E-state index contributed by atoms with van der Waals surface area (Å²) in [6, 6.07) is 0.192. The number of hydrogen-bond acceptors (Lipinski definition) is 2. The minimum absolute atomic E-state index is 0.0616. The Bertz CT molecular complexity index is 262. The van der Waals surface area contributed by atoms with E-state index in [9.17, 15) is 0 Å². The highest BCUT2D eigenvalue weighted by atomic mass is 16.5.